The summed E-state index contributed by atoms with van der Waals surface area (Å²) >= 11 is 0. The molecule has 0 bridgehead atoms. The Kier molecular flexibility index (Phi) is 4.45. The van der Waals surface area contributed by atoms with Crippen LogP contribution in [0.1, 0.15) is 0 Å². The summed E-state index contributed by atoms with van der Waals surface area (Å²) in [7, 11) is 0. The van der Waals surface area contributed by atoms with Crippen molar-refractivity contribution in [2.75, 3.05) is 0 Å². The first-order valence-electron chi connectivity index (χ1n) is 3.29. The number of fused-ring (bicyclic) bond motifs is 1. The smallest absolute Gasteiger partial charge is 0.234 e. The van der Waals surface area contributed by atoms with Crippen LogP contribution in [0.25, 0.3) is 10.9 Å². The zero-order valence-corrected chi connectivity index (χ0v) is 8.22. The average Bonchev–Trinajstić information content (AvgIpc) is 2.47. The standard InChI is InChI=1S/C8H6N2O.2ClH/c11-6-10-8-4-2-1-3-7(8)5-9-10;;/h1-6H;2*1H. The van der Waals surface area contributed by atoms with Gasteiger partial charge in [0.05, 0.1) is 11.7 Å². The Bertz CT molecular complexity index is 400. The highest BCUT2D eigenvalue weighted by molar-refractivity contribution is 5.85. The van der Waals surface area contributed by atoms with Gasteiger partial charge in [0.1, 0.15) is 0 Å². The van der Waals surface area contributed by atoms with Crippen molar-refractivity contribution in [2.45, 2.75) is 0 Å². The van der Waals surface area contributed by atoms with Gasteiger partial charge in [-0.15, -0.1) is 24.8 Å². The summed E-state index contributed by atoms with van der Waals surface area (Å²) < 4.78 is 1.31. The number of para-hydroxylation sites is 1. The van der Waals surface area contributed by atoms with Crippen LogP contribution in [0.15, 0.2) is 30.5 Å². The van der Waals surface area contributed by atoms with Crippen LogP contribution in [0, 0.1) is 0 Å². The van der Waals surface area contributed by atoms with Gasteiger partial charge in [0.2, 0.25) is 6.41 Å². The van der Waals surface area contributed by atoms with Crippen LogP contribution in [0.3, 0.4) is 0 Å². The molecule has 0 atom stereocenters. The van der Waals surface area contributed by atoms with Crippen molar-refractivity contribution >= 4 is 42.1 Å². The molecule has 0 aliphatic heterocycles. The van der Waals surface area contributed by atoms with Crippen LogP contribution in [0.2, 0.25) is 0 Å². The molecule has 0 radical (unpaired) electrons. The number of hydrogen-bond donors (Lipinski definition) is 0. The summed E-state index contributed by atoms with van der Waals surface area (Å²) in [6, 6.07) is 7.57. The van der Waals surface area contributed by atoms with Crippen LogP contribution in [-0.2, 0) is 4.79 Å². The topological polar surface area (TPSA) is 34.9 Å². The quantitative estimate of drug-likeness (QED) is 0.686. The molecule has 1 heterocycles. The minimum atomic E-state index is 0. The number of carbonyl (C=O) groups is 1. The van der Waals surface area contributed by atoms with Gasteiger partial charge in [0.25, 0.3) is 0 Å². The molecular formula is C8H8Cl2N2O. The van der Waals surface area contributed by atoms with Crippen LogP contribution in [0.4, 0.5) is 0 Å². The Morgan fingerprint density at radius 3 is 2.62 bits per heavy atom. The second kappa shape index (κ2) is 4.84. The lowest BCUT2D eigenvalue weighted by Crippen LogP contribution is -1.94. The summed E-state index contributed by atoms with van der Waals surface area (Å²) in [5, 5.41) is 4.85. The van der Waals surface area contributed by atoms with Gasteiger partial charge < -0.3 is 0 Å². The predicted molar refractivity (Wildman–Crippen MR) is 56.4 cm³/mol. The van der Waals surface area contributed by atoms with E-state index in [9.17, 15) is 4.79 Å². The highest BCUT2D eigenvalue weighted by Gasteiger charge is 1.97. The Balaban J connectivity index is 0.000000720. The van der Waals surface area contributed by atoms with Crippen molar-refractivity contribution in [3.63, 3.8) is 0 Å². The number of halogens is 2. The van der Waals surface area contributed by atoms with Crippen LogP contribution in [-0.4, -0.2) is 16.2 Å². The monoisotopic (exact) mass is 218 g/mol. The summed E-state index contributed by atoms with van der Waals surface area (Å²) in [5.74, 6) is 0. The summed E-state index contributed by atoms with van der Waals surface area (Å²) in [5.41, 5.74) is 0.850. The first kappa shape index (κ1) is 11.9. The number of aromatic nitrogens is 2. The fourth-order valence-electron chi connectivity index (χ4n) is 1.08. The average molecular weight is 219 g/mol. The maximum atomic E-state index is 10.4. The Hall–Kier alpha value is -1.06. The maximum Gasteiger partial charge on any atom is 0.234 e. The third-order valence-electron chi connectivity index (χ3n) is 1.60. The van der Waals surface area contributed by atoms with Gasteiger partial charge in [-0.2, -0.15) is 5.10 Å². The van der Waals surface area contributed by atoms with Gasteiger partial charge in [-0.1, -0.05) is 18.2 Å². The van der Waals surface area contributed by atoms with Gasteiger partial charge in [-0.25, -0.2) is 4.68 Å². The first-order valence-corrected chi connectivity index (χ1v) is 3.29. The molecule has 0 N–H and O–H groups in total. The number of rotatable bonds is 1. The molecule has 0 fully saturated rings. The highest BCUT2D eigenvalue weighted by Crippen LogP contribution is 2.10. The van der Waals surface area contributed by atoms with E-state index in [-0.39, 0.29) is 24.8 Å². The fourth-order valence-corrected chi connectivity index (χ4v) is 1.08. The first-order chi connectivity index (χ1) is 5.42. The van der Waals surface area contributed by atoms with Crippen molar-refractivity contribution in [3.05, 3.63) is 30.5 Å². The van der Waals surface area contributed by atoms with Crippen molar-refractivity contribution in [2.24, 2.45) is 0 Å². The third-order valence-corrected chi connectivity index (χ3v) is 1.60. The molecular weight excluding hydrogens is 211 g/mol. The van der Waals surface area contributed by atoms with E-state index in [4.69, 9.17) is 0 Å². The SMILES string of the molecule is Cl.Cl.O=Cn1ncc2ccccc21. The number of benzene rings is 1. The molecule has 0 amide bonds. The predicted octanol–water partition coefficient (Wildman–Crippen LogP) is 1.92. The van der Waals surface area contributed by atoms with Gasteiger partial charge in [0, 0.05) is 5.39 Å². The summed E-state index contributed by atoms with van der Waals surface area (Å²) in [6.07, 6.45) is 2.37. The van der Waals surface area contributed by atoms with Gasteiger partial charge in [-0.05, 0) is 6.07 Å². The molecule has 5 heteroatoms. The van der Waals surface area contributed by atoms with Crippen molar-refractivity contribution in [3.8, 4) is 0 Å². The summed E-state index contributed by atoms with van der Waals surface area (Å²) in [6.45, 7) is 0. The Labute approximate surface area is 87.6 Å². The van der Waals surface area contributed by atoms with E-state index < -0.39 is 0 Å². The zero-order chi connectivity index (χ0) is 7.68. The number of hydrogen-bond acceptors (Lipinski definition) is 2. The molecule has 0 saturated heterocycles. The lowest BCUT2D eigenvalue weighted by molar-refractivity contribution is 0.542. The lowest BCUT2D eigenvalue weighted by atomic mass is 10.3. The summed E-state index contributed by atoms with van der Waals surface area (Å²) in [4.78, 5) is 10.4. The second-order valence-corrected chi connectivity index (χ2v) is 2.25. The molecule has 13 heavy (non-hydrogen) atoms. The van der Waals surface area contributed by atoms with E-state index in [2.05, 4.69) is 5.10 Å². The molecule has 2 aromatic rings. The van der Waals surface area contributed by atoms with E-state index >= 15 is 0 Å². The minimum absolute atomic E-state index is 0. The number of carbonyl (C=O) groups excluding carboxylic acids is 1. The van der Waals surface area contributed by atoms with Crippen LogP contribution < -0.4 is 0 Å². The third kappa shape index (κ3) is 1.99. The van der Waals surface area contributed by atoms with E-state index in [0.717, 1.165) is 10.9 Å². The molecule has 70 valence electrons. The van der Waals surface area contributed by atoms with Crippen LogP contribution in [0.5, 0.6) is 0 Å². The van der Waals surface area contributed by atoms with Crippen LogP contribution >= 0.6 is 24.8 Å². The van der Waals surface area contributed by atoms with Crippen molar-refractivity contribution in [1.82, 2.24) is 9.78 Å². The highest BCUT2D eigenvalue weighted by atomic mass is 35.5. The number of nitrogens with zero attached hydrogens (tertiary/aromatic N) is 2. The van der Waals surface area contributed by atoms with Gasteiger partial charge in [0.15, 0.2) is 0 Å². The molecule has 0 unspecified atom stereocenters. The molecule has 0 spiro atoms. The zero-order valence-electron chi connectivity index (χ0n) is 6.58. The minimum Gasteiger partial charge on any atom is -0.276 e. The molecule has 0 saturated carbocycles. The van der Waals surface area contributed by atoms with Gasteiger partial charge in [-0.3, -0.25) is 4.79 Å². The molecule has 2 rings (SSSR count). The molecule has 1 aromatic carbocycles. The van der Waals surface area contributed by atoms with E-state index in [1.807, 2.05) is 24.3 Å². The van der Waals surface area contributed by atoms with Crippen molar-refractivity contribution < 1.29 is 4.79 Å². The molecule has 1 aromatic heterocycles. The van der Waals surface area contributed by atoms with E-state index in [1.165, 1.54) is 4.68 Å². The molecule has 0 aliphatic carbocycles. The van der Waals surface area contributed by atoms with E-state index in [1.54, 1.807) is 6.20 Å². The Morgan fingerprint density at radius 2 is 1.92 bits per heavy atom. The second-order valence-electron chi connectivity index (χ2n) is 2.25. The lowest BCUT2D eigenvalue weighted by Gasteiger charge is -1.88. The van der Waals surface area contributed by atoms with Crippen molar-refractivity contribution in [1.29, 1.82) is 0 Å². The van der Waals surface area contributed by atoms with E-state index in [0.29, 0.717) is 6.41 Å². The Morgan fingerprint density at radius 1 is 1.23 bits per heavy atom. The fraction of sp³-hybridized carbons (Fsp3) is 0. The largest absolute Gasteiger partial charge is 0.276 e. The molecule has 0 aliphatic rings. The normalized spacial score (nSPS) is 8.62. The van der Waals surface area contributed by atoms with Gasteiger partial charge >= 0.3 is 0 Å². The molecule has 3 nitrogen and oxygen atoms in total. The maximum absolute atomic E-state index is 10.4.